The molecule has 1 atom stereocenters. The van der Waals surface area contributed by atoms with Crippen LogP contribution in [0, 0.1) is 0 Å². The molecule has 1 saturated heterocycles. The Labute approximate surface area is 113 Å². The molecule has 0 radical (unpaired) electrons. The molecule has 1 N–H and O–H groups in total. The van der Waals surface area contributed by atoms with Crippen LogP contribution < -0.4 is 5.32 Å². The molecular weight excluding hydrogens is 305 g/mol. The van der Waals surface area contributed by atoms with E-state index in [-0.39, 0.29) is 18.1 Å². The molecule has 0 spiro atoms. The second kappa shape index (κ2) is 6.21. The summed E-state index contributed by atoms with van der Waals surface area (Å²) in [7, 11) is -3.51. The van der Waals surface area contributed by atoms with Crippen LogP contribution in [0.5, 0.6) is 0 Å². The SMILES string of the molecule is CCS(=O)(=O)C1CSCCN1C(=O)NCC(F)(F)F. The topological polar surface area (TPSA) is 66.5 Å². The first-order valence-corrected chi connectivity index (χ1v) is 8.45. The lowest BCUT2D eigenvalue weighted by atomic mass is 10.5. The van der Waals surface area contributed by atoms with Gasteiger partial charge in [-0.2, -0.15) is 24.9 Å². The third kappa shape index (κ3) is 4.75. The third-order valence-electron chi connectivity index (χ3n) is 2.60. The Morgan fingerprint density at radius 3 is 2.63 bits per heavy atom. The zero-order valence-corrected chi connectivity index (χ0v) is 11.9. The molecule has 1 fully saturated rings. The largest absolute Gasteiger partial charge is 0.405 e. The van der Waals surface area contributed by atoms with Crippen molar-refractivity contribution in [2.75, 3.05) is 30.3 Å². The number of hydrogen-bond acceptors (Lipinski definition) is 4. The highest BCUT2D eigenvalue weighted by atomic mass is 32.2. The smallest absolute Gasteiger partial charge is 0.329 e. The highest BCUT2D eigenvalue weighted by Crippen LogP contribution is 2.22. The van der Waals surface area contributed by atoms with E-state index >= 15 is 0 Å². The Morgan fingerprint density at radius 2 is 2.11 bits per heavy atom. The van der Waals surface area contributed by atoms with Crippen molar-refractivity contribution >= 4 is 27.6 Å². The van der Waals surface area contributed by atoms with Crippen molar-refractivity contribution in [2.24, 2.45) is 0 Å². The number of rotatable bonds is 3. The van der Waals surface area contributed by atoms with Gasteiger partial charge in [-0.25, -0.2) is 13.2 Å². The molecule has 0 bridgehead atoms. The van der Waals surface area contributed by atoms with E-state index in [1.165, 1.54) is 18.7 Å². The fourth-order valence-corrected chi connectivity index (χ4v) is 4.55. The second-order valence-corrected chi connectivity index (χ2v) is 7.55. The molecule has 19 heavy (non-hydrogen) atoms. The average Bonchev–Trinajstić information content (AvgIpc) is 2.35. The molecule has 0 aromatic rings. The summed E-state index contributed by atoms with van der Waals surface area (Å²) in [5, 5.41) is 0.655. The van der Waals surface area contributed by atoms with Gasteiger partial charge in [0.25, 0.3) is 0 Å². The van der Waals surface area contributed by atoms with Gasteiger partial charge >= 0.3 is 12.2 Å². The molecular formula is C9H15F3N2O3S2. The van der Waals surface area contributed by atoms with E-state index in [1.54, 1.807) is 5.32 Å². The molecule has 0 aromatic carbocycles. The highest BCUT2D eigenvalue weighted by molar-refractivity contribution is 8.01. The number of carbonyl (C=O) groups excluding carboxylic acids is 1. The number of carbonyl (C=O) groups is 1. The van der Waals surface area contributed by atoms with Crippen molar-refractivity contribution < 1.29 is 26.4 Å². The molecule has 0 aliphatic carbocycles. The minimum atomic E-state index is -4.51. The zero-order chi connectivity index (χ0) is 14.7. The molecule has 2 amide bonds. The summed E-state index contributed by atoms with van der Waals surface area (Å²) in [6, 6.07) is -0.986. The normalized spacial score (nSPS) is 21.3. The molecule has 0 aromatic heterocycles. The Balaban J connectivity index is 2.75. The van der Waals surface area contributed by atoms with E-state index in [1.807, 2.05) is 0 Å². The van der Waals surface area contributed by atoms with Crippen molar-refractivity contribution in [1.82, 2.24) is 10.2 Å². The number of sulfone groups is 1. The van der Waals surface area contributed by atoms with E-state index < -0.39 is 34.0 Å². The van der Waals surface area contributed by atoms with Gasteiger partial charge in [-0.3, -0.25) is 0 Å². The number of amides is 2. The van der Waals surface area contributed by atoms with Gasteiger partial charge in [-0.15, -0.1) is 0 Å². The van der Waals surface area contributed by atoms with E-state index in [9.17, 15) is 26.4 Å². The summed E-state index contributed by atoms with van der Waals surface area (Å²) in [5.41, 5.74) is 0. The van der Waals surface area contributed by atoms with Crippen LogP contribution in [-0.2, 0) is 9.84 Å². The van der Waals surface area contributed by atoms with Gasteiger partial charge in [-0.05, 0) is 0 Å². The number of urea groups is 1. The number of nitrogens with one attached hydrogen (secondary N) is 1. The van der Waals surface area contributed by atoms with Crippen LogP contribution in [0.15, 0.2) is 0 Å². The van der Waals surface area contributed by atoms with Crippen molar-refractivity contribution in [3.05, 3.63) is 0 Å². The van der Waals surface area contributed by atoms with Crippen LogP contribution in [-0.4, -0.2) is 61.2 Å². The van der Waals surface area contributed by atoms with Crippen molar-refractivity contribution in [2.45, 2.75) is 18.5 Å². The maximum absolute atomic E-state index is 12.0. The number of hydrogen-bond donors (Lipinski definition) is 1. The van der Waals surface area contributed by atoms with Crippen LogP contribution in [0.1, 0.15) is 6.92 Å². The number of halogens is 3. The molecule has 1 aliphatic heterocycles. The minimum Gasteiger partial charge on any atom is -0.329 e. The number of thioether (sulfide) groups is 1. The lowest BCUT2D eigenvalue weighted by Gasteiger charge is -2.34. The zero-order valence-electron chi connectivity index (χ0n) is 10.2. The van der Waals surface area contributed by atoms with Gasteiger partial charge in [0.05, 0.1) is 0 Å². The lowest BCUT2D eigenvalue weighted by molar-refractivity contribution is -0.123. The van der Waals surface area contributed by atoms with Gasteiger partial charge < -0.3 is 10.2 Å². The molecule has 1 unspecified atom stereocenters. The van der Waals surface area contributed by atoms with Gasteiger partial charge in [0.2, 0.25) is 0 Å². The summed E-state index contributed by atoms with van der Waals surface area (Å²) in [6.45, 7) is 0.104. The van der Waals surface area contributed by atoms with Crippen molar-refractivity contribution in [3.8, 4) is 0 Å². The second-order valence-electron chi connectivity index (χ2n) is 3.95. The first kappa shape index (κ1) is 16.4. The summed E-state index contributed by atoms with van der Waals surface area (Å²) in [5.74, 6) is 0.548. The fourth-order valence-electron chi connectivity index (χ4n) is 1.58. The van der Waals surface area contributed by atoms with E-state index in [4.69, 9.17) is 0 Å². The van der Waals surface area contributed by atoms with Crippen LogP contribution in [0.4, 0.5) is 18.0 Å². The minimum absolute atomic E-state index is 0.123. The van der Waals surface area contributed by atoms with E-state index in [0.717, 1.165) is 4.90 Å². The molecule has 10 heteroatoms. The first-order valence-electron chi connectivity index (χ1n) is 5.58. The van der Waals surface area contributed by atoms with E-state index in [2.05, 4.69) is 0 Å². The quantitative estimate of drug-likeness (QED) is 0.845. The average molecular weight is 320 g/mol. The molecule has 5 nitrogen and oxygen atoms in total. The van der Waals surface area contributed by atoms with Crippen LogP contribution in [0.3, 0.4) is 0 Å². The Morgan fingerprint density at radius 1 is 1.47 bits per heavy atom. The predicted molar refractivity (Wildman–Crippen MR) is 66.7 cm³/mol. The van der Waals surface area contributed by atoms with Gasteiger partial charge in [-0.1, -0.05) is 6.92 Å². The summed E-state index contributed by atoms with van der Waals surface area (Å²) >= 11 is 1.37. The first-order chi connectivity index (χ1) is 8.67. The maximum atomic E-state index is 12.0. The molecule has 1 heterocycles. The van der Waals surface area contributed by atoms with Crippen LogP contribution in [0.2, 0.25) is 0 Å². The Bertz CT molecular complexity index is 425. The Kier molecular flexibility index (Phi) is 5.36. The van der Waals surface area contributed by atoms with Gasteiger partial charge in [0.1, 0.15) is 11.9 Å². The van der Waals surface area contributed by atoms with Crippen LogP contribution >= 0.6 is 11.8 Å². The van der Waals surface area contributed by atoms with Crippen molar-refractivity contribution in [3.63, 3.8) is 0 Å². The molecule has 1 rings (SSSR count). The Hall–Kier alpha value is -0.640. The number of nitrogens with zero attached hydrogens (tertiary/aromatic N) is 1. The van der Waals surface area contributed by atoms with Crippen LogP contribution in [0.25, 0.3) is 0 Å². The summed E-state index contributed by atoms with van der Waals surface area (Å²) in [6.07, 6.45) is -4.51. The third-order valence-corrected chi connectivity index (χ3v) is 5.89. The lowest BCUT2D eigenvalue weighted by Crippen LogP contribution is -2.55. The fraction of sp³-hybridized carbons (Fsp3) is 0.889. The monoisotopic (exact) mass is 320 g/mol. The predicted octanol–water partition coefficient (Wildman–Crippen LogP) is 1.07. The van der Waals surface area contributed by atoms with Gasteiger partial charge in [0, 0.05) is 23.8 Å². The maximum Gasteiger partial charge on any atom is 0.405 e. The van der Waals surface area contributed by atoms with Gasteiger partial charge in [0.15, 0.2) is 9.84 Å². The standard InChI is InChI=1S/C9H15F3N2O3S2/c1-2-19(16,17)7-5-18-4-3-14(7)8(15)13-6-9(10,11)12/h7H,2-6H2,1H3,(H,13,15). The summed E-state index contributed by atoms with van der Waals surface area (Å²) < 4.78 is 59.7. The summed E-state index contributed by atoms with van der Waals surface area (Å²) in [4.78, 5) is 12.6. The number of alkyl halides is 3. The molecule has 112 valence electrons. The highest BCUT2D eigenvalue weighted by Gasteiger charge is 2.37. The van der Waals surface area contributed by atoms with E-state index in [0.29, 0.717) is 5.75 Å². The molecule has 1 aliphatic rings. The molecule has 0 saturated carbocycles. The van der Waals surface area contributed by atoms with Crippen molar-refractivity contribution in [1.29, 1.82) is 0 Å².